The highest BCUT2D eigenvalue weighted by Crippen LogP contribution is 2.21. The lowest BCUT2D eigenvalue weighted by molar-refractivity contribution is 0.0736. The number of pyridine rings is 1. The maximum atomic E-state index is 12.8. The fourth-order valence-corrected chi connectivity index (χ4v) is 3.15. The van der Waals surface area contributed by atoms with E-state index in [2.05, 4.69) is 15.6 Å². The van der Waals surface area contributed by atoms with Crippen LogP contribution in [-0.2, 0) is 0 Å². The Morgan fingerprint density at radius 1 is 1.19 bits per heavy atom. The summed E-state index contributed by atoms with van der Waals surface area (Å²) in [5, 5.41) is 5.96. The van der Waals surface area contributed by atoms with Crippen molar-refractivity contribution in [2.45, 2.75) is 18.9 Å². The van der Waals surface area contributed by atoms with Crippen LogP contribution >= 0.6 is 24.8 Å². The van der Waals surface area contributed by atoms with Crippen LogP contribution in [0.15, 0.2) is 48.8 Å². The third-order valence-electron chi connectivity index (χ3n) is 4.37. The Bertz CT molecular complexity index is 758. The molecule has 1 unspecified atom stereocenters. The molecule has 0 radical (unpaired) electrons. The molecule has 1 aromatic heterocycles. The minimum atomic E-state index is -0.244. The van der Waals surface area contributed by atoms with Gasteiger partial charge >= 0.3 is 0 Å². The van der Waals surface area contributed by atoms with E-state index < -0.39 is 0 Å². The first kappa shape index (κ1) is 22.9. The number of hydrogen-bond donors (Lipinski definition) is 2. The van der Waals surface area contributed by atoms with Crippen LogP contribution in [0.3, 0.4) is 0 Å². The van der Waals surface area contributed by atoms with Gasteiger partial charge in [-0.1, -0.05) is 6.07 Å². The summed E-state index contributed by atoms with van der Waals surface area (Å²) in [6.45, 7) is 1.57. The summed E-state index contributed by atoms with van der Waals surface area (Å²) in [5.74, 6) is -0.234. The van der Waals surface area contributed by atoms with Crippen LogP contribution in [0.25, 0.3) is 0 Å². The van der Waals surface area contributed by atoms with Gasteiger partial charge in [-0.2, -0.15) is 0 Å². The largest absolute Gasteiger partial charge is 0.334 e. The van der Waals surface area contributed by atoms with Gasteiger partial charge in [0, 0.05) is 42.8 Å². The van der Waals surface area contributed by atoms with Crippen LogP contribution in [-0.4, -0.2) is 47.9 Å². The molecule has 0 saturated carbocycles. The lowest BCUT2D eigenvalue weighted by Gasteiger charge is -2.24. The Morgan fingerprint density at radius 3 is 2.67 bits per heavy atom. The molecule has 1 aromatic carbocycles. The van der Waals surface area contributed by atoms with Crippen LogP contribution < -0.4 is 10.6 Å². The van der Waals surface area contributed by atoms with E-state index in [0.29, 0.717) is 16.8 Å². The van der Waals surface area contributed by atoms with Crippen LogP contribution in [0, 0.1) is 0 Å². The van der Waals surface area contributed by atoms with Crippen LogP contribution in [0.1, 0.15) is 33.6 Å². The monoisotopic (exact) mass is 410 g/mol. The molecule has 2 N–H and O–H groups in total. The van der Waals surface area contributed by atoms with Gasteiger partial charge in [-0.05, 0) is 50.2 Å². The van der Waals surface area contributed by atoms with Crippen LogP contribution in [0.5, 0.6) is 0 Å². The van der Waals surface area contributed by atoms with Gasteiger partial charge in [-0.25, -0.2) is 0 Å². The molecule has 2 heterocycles. The van der Waals surface area contributed by atoms with E-state index in [4.69, 9.17) is 0 Å². The number of likely N-dealkylation sites (N-methyl/N-ethyl adjacent to an activating group) is 1. The van der Waals surface area contributed by atoms with Crippen molar-refractivity contribution in [3.8, 4) is 0 Å². The third-order valence-corrected chi connectivity index (χ3v) is 4.37. The van der Waals surface area contributed by atoms with E-state index in [1.165, 1.54) is 6.20 Å². The lowest BCUT2D eigenvalue weighted by atomic mass is 10.1. The highest BCUT2D eigenvalue weighted by atomic mass is 35.5. The molecule has 1 saturated heterocycles. The number of aromatic nitrogens is 1. The summed E-state index contributed by atoms with van der Waals surface area (Å²) in [6.07, 6.45) is 5.17. The number of hydrogen-bond acceptors (Lipinski definition) is 4. The van der Waals surface area contributed by atoms with Crippen molar-refractivity contribution >= 4 is 42.3 Å². The first-order valence-electron chi connectivity index (χ1n) is 8.46. The van der Waals surface area contributed by atoms with E-state index in [1.54, 1.807) is 42.6 Å². The van der Waals surface area contributed by atoms with Gasteiger partial charge in [-0.3, -0.25) is 14.6 Å². The summed E-state index contributed by atoms with van der Waals surface area (Å²) >= 11 is 0. The van der Waals surface area contributed by atoms with Crippen molar-refractivity contribution in [2.24, 2.45) is 0 Å². The lowest BCUT2D eigenvalue weighted by Crippen LogP contribution is -2.40. The summed E-state index contributed by atoms with van der Waals surface area (Å²) in [4.78, 5) is 30.9. The minimum absolute atomic E-state index is 0. The molecule has 1 atom stereocenters. The Kier molecular flexibility index (Phi) is 9.21. The molecule has 0 spiro atoms. The van der Waals surface area contributed by atoms with E-state index in [1.807, 2.05) is 11.9 Å². The standard InChI is InChI=1S/C19H22N4O2.2ClH/c1-20-13-17-8-4-10-23(17)19(25)14-5-2-7-16(11-14)22-18(24)15-6-3-9-21-12-15;;/h2-3,5-7,9,11-12,17,20H,4,8,10,13H2,1H3,(H,22,24);2*1H. The average Bonchev–Trinajstić information content (AvgIpc) is 3.10. The van der Waals surface area contributed by atoms with Gasteiger partial charge in [0.1, 0.15) is 0 Å². The Morgan fingerprint density at radius 2 is 1.96 bits per heavy atom. The molecule has 2 aromatic rings. The molecule has 0 bridgehead atoms. The minimum Gasteiger partial charge on any atom is -0.334 e. The average molecular weight is 411 g/mol. The summed E-state index contributed by atoms with van der Waals surface area (Å²) in [5.41, 5.74) is 1.67. The summed E-state index contributed by atoms with van der Waals surface area (Å²) in [7, 11) is 1.90. The van der Waals surface area contributed by atoms with Crippen molar-refractivity contribution < 1.29 is 9.59 Å². The molecule has 2 amide bonds. The van der Waals surface area contributed by atoms with Crippen molar-refractivity contribution in [3.63, 3.8) is 0 Å². The van der Waals surface area contributed by atoms with E-state index in [-0.39, 0.29) is 42.7 Å². The number of amides is 2. The van der Waals surface area contributed by atoms with Crippen molar-refractivity contribution in [1.82, 2.24) is 15.2 Å². The topological polar surface area (TPSA) is 74.3 Å². The number of anilines is 1. The van der Waals surface area contributed by atoms with Crippen LogP contribution in [0.4, 0.5) is 5.69 Å². The zero-order chi connectivity index (χ0) is 17.6. The maximum Gasteiger partial charge on any atom is 0.257 e. The Labute approximate surface area is 171 Å². The highest BCUT2D eigenvalue weighted by Gasteiger charge is 2.28. The summed E-state index contributed by atoms with van der Waals surface area (Å²) < 4.78 is 0. The molecular formula is C19H24Cl2N4O2. The molecular weight excluding hydrogens is 387 g/mol. The molecule has 6 nitrogen and oxygen atoms in total. The van der Waals surface area contributed by atoms with Crippen molar-refractivity contribution in [2.75, 3.05) is 25.5 Å². The highest BCUT2D eigenvalue weighted by molar-refractivity contribution is 6.05. The SMILES string of the molecule is CNCC1CCCN1C(=O)c1cccc(NC(=O)c2cccnc2)c1.Cl.Cl. The molecule has 27 heavy (non-hydrogen) atoms. The number of carbonyl (C=O) groups excluding carboxylic acids is 2. The number of carbonyl (C=O) groups is 2. The number of nitrogens with zero attached hydrogens (tertiary/aromatic N) is 2. The molecule has 0 aliphatic carbocycles. The molecule has 8 heteroatoms. The predicted molar refractivity (Wildman–Crippen MR) is 111 cm³/mol. The van der Waals surface area contributed by atoms with Gasteiger partial charge in [-0.15, -0.1) is 24.8 Å². The van der Waals surface area contributed by atoms with Gasteiger partial charge in [0.15, 0.2) is 0 Å². The fourth-order valence-electron chi connectivity index (χ4n) is 3.15. The van der Waals surface area contributed by atoms with Gasteiger partial charge in [0.05, 0.1) is 5.56 Å². The molecule has 1 aliphatic heterocycles. The third kappa shape index (κ3) is 5.66. The zero-order valence-electron chi connectivity index (χ0n) is 15.1. The maximum absolute atomic E-state index is 12.8. The van der Waals surface area contributed by atoms with Gasteiger partial charge in [0.25, 0.3) is 11.8 Å². The fraction of sp³-hybridized carbons (Fsp3) is 0.316. The predicted octanol–water partition coefficient (Wildman–Crippen LogP) is 3.00. The van der Waals surface area contributed by atoms with Crippen LogP contribution in [0.2, 0.25) is 0 Å². The molecule has 3 rings (SSSR count). The number of rotatable bonds is 5. The second-order valence-electron chi connectivity index (χ2n) is 6.13. The van der Waals surface area contributed by atoms with Crippen molar-refractivity contribution in [1.29, 1.82) is 0 Å². The number of nitrogens with one attached hydrogen (secondary N) is 2. The number of halogens is 2. The molecule has 1 aliphatic rings. The molecule has 1 fully saturated rings. The quantitative estimate of drug-likeness (QED) is 0.794. The second-order valence-corrected chi connectivity index (χ2v) is 6.13. The first-order valence-corrected chi connectivity index (χ1v) is 8.46. The van der Waals surface area contributed by atoms with E-state index >= 15 is 0 Å². The smallest absolute Gasteiger partial charge is 0.257 e. The number of benzene rings is 1. The van der Waals surface area contributed by atoms with E-state index in [9.17, 15) is 9.59 Å². The van der Waals surface area contributed by atoms with E-state index in [0.717, 1.165) is 25.9 Å². The zero-order valence-corrected chi connectivity index (χ0v) is 16.7. The van der Waals surface area contributed by atoms with Gasteiger partial charge < -0.3 is 15.5 Å². The van der Waals surface area contributed by atoms with Gasteiger partial charge in [0.2, 0.25) is 0 Å². The first-order chi connectivity index (χ1) is 12.2. The Hall–Kier alpha value is -2.15. The normalized spacial score (nSPS) is 15.4. The summed E-state index contributed by atoms with van der Waals surface area (Å²) in [6, 6.07) is 10.7. The van der Waals surface area contributed by atoms with Crippen molar-refractivity contribution in [3.05, 3.63) is 59.9 Å². The Balaban J connectivity index is 0.00000182. The molecule has 146 valence electrons. The second kappa shape index (κ2) is 10.9. The number of likely N-dealkylation sites (tertiary alicyclic amines) is 1.